The summed E-state index contributed by atoms with van der Waals surface area (Å²) in [5.41, 5.74) is -1.59. The number of nitro benzene ring substituents is 1. The minimum absolute atomic E-state index is 0.0159. The first-order chi connectivity index (χ1) is 8.00. The third kappa shape index (κ3) is 2.00. The number of hydrogen-bond donors (Lipinski definition) is 0. The quantitative estimate of drug-likeness (QED) is 0.629. The van der Waals surface area contributed by atoms with Crippen LogP contribution in [0.15, 0.2) is 21.4 Å². The molecule has 0 atom stereocenters. The molecule has 0 saturated heterocycles. The molecule has 0 amide bonds. The van der Waals surface area contributed by atoms with Gasteiger partial charge in [0.1, 0.15) is 11.4 Å². The second-order valence-corrected chi connectivity index (χ2v) is 3.59. The van der Waals surface area contributed by atoms with Gasteiger partial charge >= 0.3 is 5.69 Å². The summed E-state index contributed by atoms with van der Waals surface area (Å²) in [7, 11) is 0. The zero-order chi connectivity index (χ0) is 12.6. The summed E-state index contributed by atoms with van der Waals surface area (Å²) in [5, 5.41) is 13.8. The van der Waals surface area contributed by atoms with Crippen LogP contribution in [0.4, 0.5) is 14.5 Å². The molecule has 0 bridgehead atoms. The molecule has 0 N–H and O–H groups in total. The van der Waals surface area contributed by atoms with Crippen molar-refractivity contribution >= 4 is 21.6 Å². The van der Waals surface area contributed by atoms with Gasteiger partial charge < -0.3 is 4.52 Å². The fourth-order valence-corrected chi connectivity index (χ4v) is 1.42. The highest BCUT2D eigenvalue weighted by atomic mass is 79.9. The first kappa shape index (κ1) is 11.6. The number of benzene rings is 1. The molecule has 1 aromatic heterocycles. The van der Waals surface area contributed by atoms with Crippen molar-refractivity contribution in [1.29, 1.82) is 0 Å². The Morgan fingerprint density at radius 1 is 1.41 bits per heavy atom. The molecule has 6 nitrogen and oxygen atoms in total. The van der Waals surface area contributed by atoms with Gasteiger partial charge in [0.15, 0.2) is 0 Å². The van der Waals surface area contributed by atoms with Crippen LogP contribution in [0.1, 0.15) is 0 Å². The zero-order valence-electron chi connectivity index (χ0n) is 7.85. The van der Waals surface area contributed by atoms with Crippen LogP contribution in [0.2, 0.25) is 0 Å². The predicted octanol–water partition coefficient (Wildman–Crippen LogP) is 2.69. The molecule has 0 aliphatic rings. The number of rotatable bonds is 2. The molecule has 1 aromatic carbocycles. The van der Waals surface area contributed by atoms with E-state index in [1.54, 1.807) is 0 Å². The van der Waals surface area contributed by atoms with Gasteiger partial charge in [0.25, 0.3) is 5.89 Å². The molecule has 0 fully saturated rings. The first-order valence-corrected chi connectivity index (χ1v) is 4.92. The monoisotopic (exact) mass is 305 g/mol. The van der Waals surface area contributed by atoms with Gasteiger partial charge in [-0.25, -0.2) is 4.39 Å². The molecule has 1 heterocycles. The molecule has 2 aromatic rings. The molecular weight excluding hydrogens is 304 g/mol. The molecular formula is C8H2BrF2N3O3. The highest BCUT2D eigenvalue weighted by Crippen LogP contribution is 2.30. The average Bonchev–Trinajstić information content (AvgIpc) is 2.64. The molecule has 0 spiro atoms. The Hall–Kier alpha value is -1.90. The van der Waals surface area contributed by atoms with Crippen molar-refractivity contribution < 1.29 is 18.2 Å². The van der Waals surface area contributed by atoms with Gasteiger partial charge in [0, 0.05) is 6.07 Å². The average molecular weight is 306 g/mol. The van der Waals surface area contributed by atoms with E-state index in [4.69, 9.17) is 0 Å². The van der Waals surface area contributed by atoms with Gasteiger partial charge in [0.2, 0.25) is 10.6 Å². The van der Waals surface area contributed by atoms with Crippen LogP contribution in [0, 0.1) is 21.7 Å². The topological polar surface area (TPSA) is 82.1 Å². The van der Waals surface area contributed by atoms with E-state index in [0.717, 1.165) is 12.1 Å². The normalized spacial score (nSPS) is 10.5. The summed E-state index contributed by atoms with van der Waals surface area (Å²) < 4.78 is 31.6. The minimum atomic E-state index is -1.36. The first-order valence-electron chi connectivity index (χ1n) is 4.12. The van der Waals surface area contributed by atoms with Crippen molar-refractivity contribution in [2.45, 2.75) is 0 Å². The van der Waals surface area contributed by atoms with Gasteiger partial charge in [-0.1, -0.05) is 0 Å². The molecule has 0 saturated carbocycles. The maximum atomic E-state index is 13.7. The van der Waals surface area contributed by atoms with Gasteiger partial charge in [-0.2, -0.15) is 9.37 Å². The zero-order valence-corrected chi connectivity index (χ0v) is 9.44. The van der Waals surface area contributed by atoms with Crippen LogP contribution in [0.3, 0.4) is 0 Å². The lowest BCUT2D eigenvalue weighted by molar-refractivity contribution is -0.387. The molecule has 88 valence electrons. The highest BCUT2D eigenvalue weighted by molar-refractivity contribution is 9.10. The summed E-state index contributed by atoms with van der Waals surface area (Å²) >= 11 is 2.83. The molecule has 9 heteroatoms. The standard InChI is InChI=1S/C8H2BrF2N3O3/c9-8-12-7(17-13-8)5-3(10)1-2-4(6(5)11)14(15)16/h1-2H. The van der Waals surface area contributed by atoms with Crippen LogP contribution in [-0.2, 0) is 0 Å². The maximum Gasteiger partial charge on any atom is 0.305 e. The molecule has 17 heavy (non-hydrogen) atoms. The van der Waals surface area contributed by atoms with E-state index in [1.807, 2.05) is 0 Å². The van der Waals surface area contributed by atoms with E-state index in [1.165, 1.54) is 0 Å². The Labute approximate surface area is 101 Å². The van der Waals surface area contributed by atoms with E-state index in [2.05, 4.69) is 30.6 Å². The van der Waals surface area contributed by atoms with Gasteiger partial charge in [-0.05, 0) is 27.2 Å². The molecule has 0 aliphatic carbocycles. The van der Waals surface area contributed by atoms with Crippen LogP contribution < -0.4 is 0 Å². The number of nitro groups is 1. The Balaban J connectivity index is 2.68. The van der Waals surface area contributed by atoms with Crippen LogP contribution >= 0.6 is 15.9 Å². The third-order valence-corrected chi connectivity index (χ3v) is 2.20. The number of hydrogen-bond acceptors (Lipinski definition) is 5. The van der Waals surface area contributed by atoms with Crippen LogP contribution in [0.5, 0.6) is 0 Å². The van der Waals surface area contributed by atoms with E-state index >= 15 is 0 Å². The largest absolute Gasteiger partial charge is 0.333 e. The fourth-order valence-electron chi connectivity index (χ4n) is 1.19. The van der Waals surface area contributed by atoms with E-state index in [-0.39, 0.29) is 4.73 Å². The van der Waals surface area contributed by atoms with Crippen molar-refractivity contribution in [2.24, 2.45) is 0 Å². The lowest BCUT2D eigenvalue weighted by atomic mass is 10.1. The van der Waals surface area contributed by atoms with Gasteiger partial charge in [-0.15, -0.1) is 0 Å². The molecule has 0 aliphatic heterocycles. The fraction of sp³-hybridized carbons (Fsp3) is 0. The Bertz CT molecular complexity index is 602. The van der Waals surface area contributed by atoms with Gasteiger partial charge in [0.05, 0.1) is 4.92 Å². The molecule has 0 radical (unpaired) electrons. The Kier molecular flexibility index (Phi) is 2.84. The summed E-state index contributed by atoms with van der Waals surface area (Å²) in [4.78, 5) is 13.1. The number of nitrogens with zero attached hydrogens (tertiary/aromatic N) is 3. The highest BCUT2D eigenvalue weighted by Gasteiger charge is 2.26. The third-order valence-electron chi connectivity index (χ3n) is 1.88. The summed E-state index contributed by atoms with van der Waals surface area (Å²) in [6.45, 7) is 0. The maximum absolute atomic E-state index is 13.7. The van der Waals surface area contributed by atoms with Gasteiger partial charge in [-0.3, -0.25) is 10.1 Å². The second-order valence-electron chi connectivity index (χ2n) is 2.88. The lowest BCUT2D eigenvalue weighted by Crippen LogP contribution is -1.97. The van der Waals surface area contributed by atoms with Crippen LogP contribution in [-0.4, -0.2) is 15.1 Å². The Morgan fingerprint density at radius 2 is 2.12 bits per heavy atom. The summed E-state index contributed by atoms with van der Waals surface area (Å²) in [5.74, 6) is -2.86. The Morgan fingerprint density at radius 3 is 2.65 bits per heavy atom. The van der Waals surface area contributed by atoms with Crippen molar-refractivity contribution in [2.75, 3.05) is 0 Å². The van der Waals surface area contributed by atoms with E-state index in [0.29, 0.717) is 0 Å². The van der Waals surface area contributed by atoms with Crippen LogP contribution in [0.25, 0.3) is 11.5 Å². The number of halogens is 3. The van der Waals surface area contributed by atoms with E-state index in [9.17, 15) is 18.9 Å². The molecule has 2 rings (SSSR count). The predicted molar refractivity (Wildman–Crippen MR) is 54.0 cm³/mol. The smallest absolute Gasteiger partial charge is 0.305 e. The SMILES string of the molecule is O=[N+]([O-])c1ccc(F)c(-c2nc(Br)no2)c1F. The van der Waals surface area contributed by atoms with Crippen molar-refractivity contribution in [1.82, 2.24) is 10.1 Å². The van der Waals surface area contributed by atoms with Crippen molar-refractivity contribution in [3.8, 4) is 11.5 Å². The summed E-state index contributed by atoms with van der Waals surface area (Å²) in [6.07, 6.45) is 0. The minimum Gasteiger partial charge on any atom is -0.333 e. The lowest BCUT2D eigenvalue weighted by Gasteiger charge is -2.00. The summed E-state index contributed by atoms with van der Waals surface area (Å²) in [6, 6.07) is 1.48. The molecule has 0 unspecified atom stereocenters. The second kappa shape index (κ2) is 4.17. The van der Waals surface area contributed by atoms with Crippen molar-refractivity contribution in [3.63, 3.8) is 0 Å². The van der Waals surface area contributed by atoms with E-state index < -0.39 is 33.7 Å². The van der Waals surface area contributed by atoms with Crippen molar-refractivity contribution in [3.05, 3.63) is 38.6 Å². The number of aromatic nitrogens is 2.